The molecule has 0 bridgehead atoms. The lowest BCUT2D eigenvalue weighted by Gasteiger charge is -2.21. The quantitative estimate of drug-likeness (QED) is 0.450. The number of benzene rings is 2. The summed E-state index contributed by atoms with van der Waals surface area (Å²) in [6.45, 7) is 5.29. The second kappa shape index (κ2) is 9.38. The van der Waals surface area contributed by atoms with Gasteiger partial charge in [-0.15, -0.1) is 0 Å². The van der Waals surface area contributed by atoms with E-state index in [0.717, 1.165) is 11.1 Å². The van der Waals surface area contributed by atoms with Crippen molar-refractivity contribution < 1.29 is 23.8 Å². The average Bonchev–Trinajstić information content (AvgIpc) is 2.74. The van der Waals surface area contributed by atoms with Crippen LogP contribution in [0.3, 0.4) is 0 Å². The Bertz CT molecular complexity index is 1100. The molecule has 0 aliphatic rings. The summed E-state index contributed by atoms with van der Waals surface area (Å²) in [4.78, 5) is 25.1. The number of hydrogen-bond donors (Lipinski definition) is 2. The smallest absolute Gasteiger partial charge is 0.412 e. The molecule has 2 amide bonds. The Labute approximate surface area is 186 Å². The maximum atomic E-state index is 12.8. The molecule has 1 aromatic heterocycles. The van der Waals surface area contributed by atoms with Crippen LogP contribution in [-0.2, 0) is 4.74 Å². The van der Waals surface area contributed by atoms with E-state index in [9.17, 15) is 14.8 Å². The second-order valence-corrected chi connectivity index (χ2v) is 8.02. The van der Waals surface area contributed by atoms with Gasteiger partial charge in [-0.2, -0.15) is 4.73 Å². The highest BCUT2D eigenvalue weighted by molar-refractivity contribution is 6.07. The SMILES string of the molecule is COc1ccc(C(=O)Nc2cc(-c3cc[n+]([O-])cc3)ccc2NC(=O)OC(C)(C)C)cc1. The lowest BCUT2D eigenvalue weighted by molar-refractivity contribution is -0.605. The molecule has 0 fully saturated rings. The molecule has 0 saturated carbocycles. The first-order valence-electron chi connectivity index (χ1n) is 9.93. The molecule has 3 rings (SSSR count). The zero-order chi connectivity index (χ0) is 23.3. The Morgan fingerprint density at radius 3 is 2.12 bits per heavy atom. The van der Waals surface area contributed by atoms with Crippen molar-refractivity contribution in [1.29, 1.82) is 0 Å². The highest BCUT2D eigenvalue weighted by atomic mass is 16.6. The number of anilines is 2. The van der Waals surface area contributed by atoms with Crippen molar-refractivity contribution in [3.05, 3.63) is 77.8 Å². The number of amides is 2. The molecule has 1 heterocycles. The summed E-state index contributed by atoms with van der Waals surface area (Å²) in [5, 5.41) is 16.9. The normalized spacial score (nSPS) is 10.9. The number of rotatable bonds is 5. The number of hydrogen-bond acceptors (Lipinski definition) is 5. The zero-order valence-corrected chi connectivity index (χ0v) is 18.3. The number of pyridine rings is 1. The van der Waals surface area contributed by atoms with Crippen LogP contribution in [0.4, 0.5) is 16.2 Å². The van der Waals surface area contributed by atoms with E-state index in [2.05, 4.69) is 10.6 Å². The molecule has 0 radical (unpaired) electrons. The fraction of sp³-hybridized carbons (Fsp3) is 0.208. The second-order valence-electron chi connectivity index (χ2n) is 8.02. The number of methoxy groups -OCH3 is 1. The summed E-state index contributed by atoms with van der Waals surface area (Å²) in [7, 11) is 1.55. The first kappa shape index (κ1) is 22.6. The van der Waals surface area contributed by atoms with Gasteiger partial charge in [-0.25, -0.2) is 4.79 Å². The van der Waals surface area contributed by atoms with Crippen molar-refractivity contribution in [2.75, 3.05) is 17.7 Å². The molecule has 2 aromatic carbocycles. The number of ether oxygens (including phenoxy) is 2. The lowest BCUT2D eigenvalue weighted by Crippen LogP contribution is -2.27. The number of aromatic nitrogens is 1. The summed E-state index contributed by atoms with van der Waals surface area (Å²) in [5.41, 5.74) is 2.04. The standard InChI is InChI=1S/C24H25N3O5/c1-24(2,3)32-23(29)26-20-10-7-18(16-11-13-27(30)14-12-16)15-21(20)25-22(28)17-5-8-19(31-4)9-6-17/h5-15H,1-4H3,(H,25,28)(H,26,29). The van der Waals surface area contributed by atoms with Gasteiger partial charge in [0.05, 0.1) is 18.5 Å². The van der Waals surface area contributed by atoms with Crippen molar-refractivity contribution in [2.45, 2.75) is 26.4 Å². The van der Waals surface area contributed by atoms with E-state index in [-0.39, 0.29) is 5.91 Å². The number of nitrogens with one attached hydrogen (secondary N) is 2. The fourth-order valence-corrected chi connectivity index (χ4v) is 2.89. The Kier molecular flexibility index (Phi) is 6.63. The Balaban J connectivity index is 1.92. The molecule has 0 atom stereocenters. The molecule has 0 spiro atoms. The van der Waals surface area contributed by atoms with E-state index >= 15 is 0 Å². The molecule has 8 heteroatoms. The molecule has 2 N–H and O–H groups in total. The van der Waals surface area contributed by atoms with Crippen LogP contribution in [0, 0.1) is 5.21 Å². The van der Waals surface area contributed by atoms with Crippen LogP contribution in [0.1, 0.15) is 31.1 Å². The molecule has 0 aliphatic heterocycles. The van der Waals surface area contributed by atoms with Gasteiger partial charge in [0.2, 0.25) is 0 Å². The lowest BCUT2D eigenvalue weighted by atomic mass is 10.1. The van der Waals surface area contributed by atoms with Gasteiger partial charge in [-0.1, -0.05) is 6.07 Å². The van der Waals surface area contributed by atoms with Crippen LogP contribution in [-0.4, -0.2) is 24.7 Å². The number of carbonyl (C=O) groups excluding carboxylic acids is 2. The Morgan fingerprint density at radius 1 is 0.875 bits per heavy atom. The van der Waals surface area contributed by atoms with Crippen LogP contribution in [0.2, 0.25) is 0 Å². The molecule has 32 heavy (non-hydrogen) atoms. The van der Waals surface area contributed by atoms with Gasteiger partial charge >= 0.3 is 6.09 Å². The summed E-state index contributed by atoms with van der Waals surface area (Å²) >= 11 is 0. The largest absolute Gasteiger partial charge is 0.619 e. The maximum Gasteiger partial charge on any atom is 0.412 e. The van der Waals surface area contributed by atoms with Gasteiger partial charge < -0.3 is 20.0 Å². The minimum Gasteiger partial charge on any atom is -0.619 e. The topological polar surface area (TPSA) is 104 Å². The Morgan fingerprint density at radius 2 is 1.53 bits per heavy atom. The summed E-state index contributed by atoms with van der Waals surface area (Å²) in [6, 6.07) is 15.2. The fourth-order valence-electron chi connectivity index (χ4n) is 2.89. The molecule has 166 valence electrons. The summed E-state index contributed by atoms with van der Waals surface area (Å²) in [5.74, 6) is 0.276. The van der Waals surface area contributed by atoms with Crippen LogP contribution in [0.25, 0.3) is 11.1 Å². The van der Waals surface area contributed by atoms with Crippen molar-refractivity contribution in [2.24, 2.45) is 0 Å². The minimum atomic E-state index is -0.672. The predicted octanol–water partition coefficient (Wildman–Crippen LogP) is 4.59. The van der Waals surface area contributed by atoms with Gasteiger partial charge in [-0.05, 0) is 68.3 Å². The van der Waals surface area contributed by atoms with E-state index < -0.39 is 11.7 Å². The first-order chi connectivity index (χ1) is 15.1. The molecule has 0 aliphatic carbocycles. The highest BCUT2D eigenvalue weighted by Crippen LogP contribution is 2.30. The van der Waals surface area contributed by atoms with Crippen molar-refractivity contribution >= 4 is 23.4 Å². The Hall–Kier alpha value is -4.07. The predicted molar refractivity (Wildman–Crippen MR) is 122 cm³/mol. The van der Waals surface area contributed by atoms with E-state index in [1.165, 1.54) is 12.4 Å². The number of carbonyl (C=O) groups is 2. The van der Waals surface area contributed by atoms with E-state index in [1.54, 1.807) is 82.5 Å². The van der Waals surface area contributed by atoms with E-state index in [0.29, 0.717) is 27.4 Å². The van der Waals surface area contributed by atoms with Crippen LogP contribution >= 0.6 is 0 Å². The maximum absolute atomic E-state index is 12.8. The van der Waals surface area contributed by atoms with Crippen molar-refractivity contribution in [3.63, 3.8) is 0 Å². The van der Waals surface area contributed by atoms with E-state index in [1.807, 2.05) is 0 Å². The van der Waals surface area contributed by atoms with Crippen LogP contribution < -0.4 is 20.1 Å². The van der Waals surface area contributed by atoms with Gasteiger partial charge in [-0.3, -0.25) is 10.1 Å². The molecule has 3 aromatic rings. The molecule has 0 unspecified atom stereocenters. The highest BCUT2D eigenvalue weighted by Gasteiger charge is 2.18. The van der Waals surface area contributed by atoms with Crippen LogP contribution in [0.15, 0.2) is 67.0 Å². The molecular formula is C24H25N3O5. The molecular weight excluding hydrogens is 410 g/mol. The third-order valence-corrected chi connectivity index (χ3v) is 4.39. The molecule has 8 nitrogen and oxygen atoms in total. The van der Waals surface area contributed by atoms with Crippen LogP contribution in [0.5, 0.6) is 5.75 Å². The zero-order valence-electron chi connectivity index (χ0n) is 18.3. The van der Waals surface area contributed by atoms with Gasteiger partial charge in [0.15, 0.2) is 12.4 Å². The van der Waals surface area contributed by atoms with Crippen molar-refractivity contribution in [3.8, 4) is 16.9 Å². The number of nitrogens with zero attached hydrogens (tertiary/aromatic N) is 1. The summed E-state index contributed by atoms with van der Waals surface area (Å²) in [6.07, 6.45) is 2.13. The minimum absolute atomic E-state index is 0.359. The first-order valence-corrected chi connectivity index (χ1v) is 9.93. The van der Waals surface area contributed by atoms with Gasteiger partial charge in [0.1, 0.15) is 11.4 Å². The van der Waals surface area contributed by atoms with Gasteiger partial charge in [0.25, 0.3) is 5.91 Å². The summed E-state index contributed by atoms with van der Waals surface area (Å²) < 4.78 is 11.1. The van der Waals surface area contributed by atoms with E-state index in [4.69, 9.17) is 9.47 Å². The average molecular weight is 435 g/mol. The molecule has 0 saturated heterocycles. The van der Waals surface area contributed by atoms with Crippen molar-refractivity contribution in [1.82, 2.24) is 0 Å². The monoisotopic (exact) mass is 435 g/mol. The van der Waals surface area contributed by atoms with Gasteiger partial charge in [0, 0.05) is 17.7 Å². The third-order valence-electron chi connectivity index (χ3n) is 4.39. The third kappa shape index (κ3) is 5.98.